The Hall–Kier alpha value is -0.390. The molecule has 2 heterocycles. The Labute approximate surface area is 122 Å². The minimum atomic E-state index is -2.95. The quantitative estimate of drug-likeness (QED) is 0.747. The lowest BCUT2D eigenvalue weighted by Gasteiger charge is -2.38. The summed E-state index contributed by atoms with van der Waals surface area (Å²) >= 11 is 0. The van der Waals surface area contributed by atoms with Crippen molar-refractivity contribution in [2.75, 3.05) is 31.9 Å². The molecular formula is C15H26N2O2S. The summed E-state index contributed by atoms with van der Waals surface area (Å²) in [4.78, 5) is 2.51. The fourth-order valence-corrected chi connectivity index (χ4v) is 5.65. The second-order valence-corrected chi connectivity index (χ2v) is 8.53. The van der Waals surface area contributed by atoms with E-state index in [2.05, 4.69) is 17.1 Å². The van der Waals surface area contributed by atoms with Crippen molar-refractivity contribution in [2.45, 2.75) is 44.6 Å². The summed E-state index contributed by atoms with van der Waals surface area (Å²) in [7, 11) is -2.95. The first-order valence-corrected chi connectivity index (χ1v) is 9.63. The van der Waals surface area contributed by atoms with Crippen LogP contribution in [0.4, 0.5) is 0 Å². The van der Waals surface area contributed by atoms with Crippen LogP contribution in [-0.2, 0) is 10.0 Å². The molecule has 114 valence electrons. The normalized spacial score (nSPS) is 35.4. The lowest BCUT2D eigenvalue weighted by Crippen LogP contribution is -2.49. The Bertz CT molecular complexity index is 460. The van der Waals surface area contributed by atoms with Gasteiger partial charge in [0.15, 0.2) is 0 Å². The van der Waals surface area contributed by atoms with Crippen LogP contribution in [0.15, 0.2) is 12.2 Å². The molecule has 0 aromatic heterocycles. The minimum absolute atomic E-state index is 0.232. The topological polar surface area (TPSA) is 40.6 Å². The van der Waals surface area contributed by atoms with E-state index in [-0.39, 0.29) is 6.04 Å². The summed E-state index contributed by atoms with van der Waals surface area (Å²) in [6.45, 7) is 3.98. The molecule has 0 unspecified atom stereocenters. The number of hydrogen-bond donors (Lipinski definition) is 0. The van der Waals surface area contributed by atoms with Gasteiger partial charge >= 0.3 is 0 Å². The van der Waals surface area contributed by atoms with Gasteiger partial charge in [0.25, 0.3) is 0 Å². The second kappa shape index (κ2) is 6.16. The zero-order valence-electron chi connectivity index (χ0n) is 12.2. The average molecular weight is 298 g/mol. The predicted octanol–water partition coefficient (Wildman–Crippen LogP) is 1.84. The SMILES string of the molecule is O=S1(=O)CCCN1[C@@H]1CCCN(C[C@H]2CC=CCC2)C1. The molecule has 4 nitrogen and oxygen atoms in total. The van der Waals surface area contributed by atoms with E-state index in [9.17, 15) is 8.42 Å². The second-order valence-electron chi connectivity index (χ2n) is 6.49. The predicted molar refractivity (Wildman–Crippen MR) is 81.1 cm³/mol. The molecular weight excluding hydrogens is 272 g/mol. The minimum Gasteiger partial charge on any atom is -0.301 e. The maximum Gasteiger partial charge on any atom is 0.214 e. The van der Waals surface area contributed by atoms with Gasteiger partial charge in [0.1, 0.15) is 0 Å². The van der Waals surface area contributed by atoms with E-state index in [0.717, 1.165) is 51.4 Å². The van der Waals surface area contributed by atoms with Crippen molar-refractivity contribution >= 4 is 10.0 Å². The molecule has 0 aromatic carbocycles. The number of sulfonamides is 1. The zero-order chi connectivity index (χ0) is 14.0. The fourth-order valence-electron chi connectivity index (χ4n) is 3.89. The maximum absolute atomic E-state index is 12.1. The van der Waals surface area contributed by atoms with Crippen LogP contribution in [0.1, 0.15) is 38.5 Å². The van der Waals surface area contributed by atoms with E-state index in [1.807, 2.05) is 0 Å². The van der Waals surface area contributed by atoms with Crippen LogP contribution < -0.4 is 0 Å². The highest BCUT2D eigenvalue weighted by Crippen LogP contribution is 2.26. The highest BCUT2D eigenvalue weighted by molar-refractivity contribution is 7.89. The number of piperidine rings is 1. The van der Waals surface area contributed by atoms with Crippen molar-refractivity contribution in [3.8, 4) is 0 Å². The largest absolute Gasteiger partial charge is 0.301 e. The van der Waals surface area contributed by atoms with Crippen LogP contribution in [0.2, 0.25) is 0 Å². The van der Waals surface area contributed by atoms with Crippen LogP contribution in [0.25, 0.3) is 0 Å². The lowest BCUT2D eigenvalue weighted by molar-refractivity contribution is 0.132. The molecule has 0 N–H and O–H groups in total. The molecule has 0 aromatic rings. The van der Waals surface area contributed by atoms with Crippen molar-refractivity contribution in [1.82, 2.24) is 9.21 Å². The summed E-state index contributed by atoms with van der Waals surface area (Å²) < 4.78 is 25.9. The van der Waals surface area contributed by atoms with Crippen LogP contribution in [0.5, 0.6) is 0 Å². The zero-order valence-corrected chi connectivity index (χ0v) is 13.0. The first kappa shape index (κ1) is 14.5. The Balaban J connectivity index is 1.57. The van der Waals surface area contributed by atoms with Crippen molar-refractivity contribution in [3.05, 3.63) is 12.2 Å². The Morgan fingerprint density at radius 3 is 2.70 bits per heavy atom. The van der Waals surface area contributed by atoms with Gasteiger partial charge in [-0.15, -0.1) is 0 Å². The Kier molecular flexibility index (Phi) is 4.48. The van der Waals surface area contributed by atoms with E-state index < -0.39 is 10.0 Å². The van der Waals surface area contributed by atoms with E-state index in [4.69, 9.17) is 0 Å². The number of nitrogens with zero attached hydrogens (tertiary/aromatic N) is 2. The van der Waals surface area contributed by atoms with Gasteiger partial charge in [-0.1, -0.05) is 12.2 Å². The molecule has 5 heteroatoms. The van der Waals surface area contributed by atoms with Gasteiger partial charge in [0, 0.05) is 25.7 Å². The molecule has 0 bridgehead atoms. The Morgan fingerprint density at radius 2 is 2.00 bits per heavy atom. The van der Waals surface area contributed by atoms with E-state index >= 15 is 0 Å². The van der Waals surface area contributed by atoms with Crippen molar-refractivity contribution in [3.63, 3.8) is 0 Å². The molecule has 2 saturated heterocycles. The van der Waals surface area contributed by atoms with Gasteiger partial charge in [-0.05, 0) is 51.0 Å². The highest BCUT2D eigenvalue weighted by atomic mass is 32.2. The molecule has 3 rings (SSSR count). The lowest BCUT2D eigenvalue weighted by atomic mass is 9.93. The average Bonchev–Trinajstić information content (AvgIpc) is 2.80. The molecule has 0 radical (unpaired) electrons. The monoisotopic (exact) mass is 298 g/mol. The van der Waals surface area contributed by atoms with Crippen molar-refractivity contribution in [1.29, 1.82) is 0 Å². The summed E-state index contributed by atoms with van der Waals surface area (Å²) in [6.07, 6.45) is 11.3. The van der Waals surface area contributed by atoms with Gasteiger partial charge < -0.3 is 4.90 Å². The molecule has 3 aliphatic rings. The molecule has 2 fully saturated rings. The third-order valence-electron chi connectivity index (χ3n) is 4.92. The first-order valence-electron chi connectivity index (χ1n) is 8.02. The van der Waals surface area contributed by atoms with E-state index in [1.165, 1.54) is 19.3 Å². The highest BCUT2D eigenvalue weighted by Gasteiger charge is 2.36. The van der Waals surface area contributed by atoms with Gasteiger partial charge in [0.05, 0.1) is 5.75 Å². The van der Waals surface area contributed by atoms with Crippen molar-refractivity contribution < 1.29 is 8.42 Å². The van der Waals surface area contributed by atoms with Gasteiger partial charge in [0.2, 0.25) is 10.0 Å². The van der Waals surface area contributed by atoms with Crippen molar-refractivity contribution in [2.24, 2.45) is 5.92 Å². The molecule has 20 heavy (non-hydrogen) atoms. The van der Waals surface area contributed by atoms with E-state index in [0.29, 0.717) is 5.75 Å². The number of likely N-dealkylation sites (tertiary alicyclic amines) is 1. The van der Waals surface area contributed by atoms with Crippen LogP contribution >= 0.6 is 0 Å². The molecule has 2 atom stereocenters. The van der Waals surface area contributed by atoms with Crippen LogP contribution in [-0.4, -0.2) is 55.6 Å². The van der Waals surface area contributed by atoms with Gasteiger partial charge in [-0.3, -0.25) is 0 Å². The van der Waals surface area contributed by atoms with Crippen LogP contribution in [0.3, 0.4) is 0 Å². The van der Waals surface area contributed by atoms with Gasteiger partial charge in [-0.25, -0.2) is 8.42 Å². The molecule has 2 aliphatic heterocycles. The van der Waals surface area contributed by atoms with Gasteiger partial charge in [-0.2, -0.15) is 4.31 Å². The van der Waals surface area contributed by atoms with E-state index in [1.54, 1.807) is 4.31 Å². The fraction of sp³-hybridized carbons (Fsp3) is 0.867. The number of hydrogen-bond acceptors (Lipinski definition) is 3. The number of allylic oxidation sites excluding steroid dienone is 2. The third kappa shape index (κ3) is 3.26. The standard InChI is InChI=1S/C15H26N2O2S/c18-20(19)11-5-10-17(20)15-8-4-9-16(13-15)12-14-6-2-1-3-7-14/h1-2,14-15H,3-13H2/t14-,15+/m0/s1. The molecule has 0 amide bonds. The Morgan fingerprint density at radius 1 is 1.10 bits per heavy atom. The number of rotatable bonds is 3. The summed E-state index contributed by atoms with van der Waals surface area (Å²) in [5.74, 6) is 1.13. The summed E-state index contributed by atoms with van der Waals surface area (Å²) in [5.41, 5.74) is 0. The first-order chi connectivity index (χ1) is 9.65. The maximum atomic E-state index is 12.1. The molecule has 0 saturated carbocycles. The third-order valence-corrected chi connectivity index (χ3v) is 6.92. The molecule has 1 aliphatic carbocycles. The van der Waals surface area contributed by atoms with Crippen LogP contribution in [0, 0.1) is 5.92 Å². The summed E-state index contributed by atoms with van der Waals surface area (Å²) in [6, 6.07) is 0.232. The smallest absolute Gasteiger partial charge is 0.214 e. The summed E-state index contributed by atoms with van der Waals surface area (Å²) in [5, 5.41) is 0. The molecule has 0 spiro atoms.